The molecular weight excluding hydrogens is 263 g/mol. The Kier molecular flexibility index (Phi) is 3.88. The highest BCUT2D eigenvalue weighted by atomic mass is 79.9. The molecule has 0 atom stereocenters. The second kappa shape index (κ2) is 4.75. The summed E-state index contributed by atoms with van der Waals surface area (Å²) in [6.07, 6.45) is -2.77. The normalized spacial score (nSPS) is 11.0. The third-order valence-corrected chi connectivity index (χ3v) is 2.31. The molecule has 0 saturated carbocycles. The molecule has 0 spiro atoms. The van der Waals surface area contributed by atoms with Crippen LogP contribution < -0.4 is 0 Å². The van der Waals surface area contributed by atoms with E-state index in [9.17, 15) is 13.2 Å². The average Bonchev–Trinajstić information content (AvgIpc) is 2.15. The summed E-state index contributed by atoms with van der Waals surface area (Å²) in [7, 11) is 0. The van der Waals surface area contributed by atoms with Crippen molar-refractivity contribution in [2.75, 3.05) is 0 Å². The van der Waals surface area contributed by atoms with Gasteiger partial charge in [0.15, 0.2) is 0 Å². The number of aliphatic hydroxyl groups is 1. The minimum Gasteiger partial charge on any atom is -0.390 e. The predicted molar refractivity (Wildman–Crippen MR) is 47.7 cm³/mol. The van der Waals surface area contributed by atoms with Crippen molar-refractivity contribution in [3.63, 3.8) is 0 Å². The maximum atomic E-state index is 12.8. The largest absolute Gasteiger partial charge is 0.390 e. The highest BCUT2D eigenvalue weighted by Gasteiger charge is 2.19. The highest BCUT2D eigenvalue weighted by molar-refractivity contribution is 9.08. The smallest absolute Gasteiger partial charge is 0.265 e. The summed E-state index contributed by atoms with van der Waals surface area (Å²) in [4.78, 5) is 3.20. The lowest BCUT2D eigenvalue weighted by atomic mass is 10.1. The van der Waals surface area contributed by atoms with Crippen molar-refractivity contribution in [3.8, 4) is 0 Å². The van der Waals surface area contributed by atoms with Crippen LogP contribution in [0.4, 0.5) is 13.2 Å². The summed E-state index contributed by atoms with van der Waals surface area (Å²) in [6.45, 7) is -0.697. The maximum absolute atomic E-state index is 12.8. The number of halogens is 4. The Bertz CT molecular complexity index is 307. The van der Waals surface area contributed by atoms with E-state index in [0.717, 1.165) is 6.07 Å². The third-order valence-electron chi connectivity index (χ3n) is 1.70. The number of hydrogen-bond donors (Lipinski definition) is 1. The van der Waals surface area contributed by atoms with E-state index in [0.29, 0.717) is 0 Å². The molecule has 0 aliphatic rings. The molecule has 0 aliphatic heterocycles. The van der Waals surface area contributed by atoms with Crippen LogP contribution >= 0.6 is 15.9 Å². The first-order valence-electron chi connectivity index (χ1n) is 3.73. The molecule has 0 unspecified atom stereocenters. The monoisotopic (exact) mass is 269 g/mol. The predicted octanol–water partition coefficient (Wildman–Crippen LogP) is 2.55. The first-order chi connectivity index (χ1) is 6.60. The zero-order valence-corrected chi connectivity index (χ0v) is 8.56. The van der Waals surface area contributed by atoms with Gasteiger partial charge in [0.05, 0.1) is 12.3 Å². The summed E-state index contributed by atoms with van der Waals surface area (Å²) in [6, 6.07) is 0.926. The van der Waals surface area contributed by atoms with Crippen molar-refractivity contribution in [2.45, 2.75) is 18.4 Å². The van der Waals surface area contributed by atoms with E-state index in [4.69, 9.17) is 5.11 Å². The molecule has 1 heterocycles. The number of nitrogens with zero attached hydrogens (tertiary/aromatic N) is 1. The van der Waals surface area contributed by atoms with E-state index in [1.165, 1.54) is 0 Å². The van der Waals surface area contributed by atoms with Crippen LogP contribution in [-0.4, -0.2) is 10.1 Å². The van der Waals surface area contributed by atoms with Crippen LogP contribution in [0.25, 0.3) is 0 Å². The first kappa shape index (κ1) is 11.5. The standard InChI is InChI=1S/C8H7BrF3NO/c9-2-4-1-6(10)13-5(3-14)7(4)8(11)12/h1,8,14H,2-3H2. The van der Waals surface area contributed by atoms with Crippen molar-refractivity contribution in [1.29, 1.82) is 0 Å². The van der Waals surface area contributed by atoms with Gasteiger partial charge < -0.3 is 5.11 Å². The lowest BCUT2D eigenvalue weighted by Crippen LogP contribution is -2.05. The van der Waals surface area contributed by atoms with Gasteiger partial charge in [0, 0.05) is 10.9 Å². The molecule has 78 valence electrons. The Balaban J connectivity index is 3.33. The Labute approximate surface area is 86.9 Å². The minimum atomic E-state index is -2.77. The molecule has 0 amide bonds. The number of hydrogen-bond acceptors (Lipinski definition) is 2. The van der Waals surface area contributed by atoms with E-state index in [2.05, 4.69) is 20.9 Å². The SMILES string of the molecule is OCc1nc(F)cc(CBr)c1C(F)F. The van der Waals surface area contributed by atoms with E-state index in [1.807, 2.05) is 0 Å². The Morgan fingerprint density at radius 3 is 2.57 bits per heavy atom. The van der Waals surface area contributed by atoms with Crippen molar-refractivity contribution in [3.05, 3.63) is 28.8 Å². The zero-order chi connectivity index (χ0) is 10.7. The van der Waals surface area contributed by atoms with E-state index in [-0.39, 0.29) is 16.6 Å². The van der Waals surface area contributed by atoms with Gasteiger partial charge in [-0.25, -0.2) is 13.8 Å². The van der Waals surface area contributed by atoms with Crippen molar-refractivity contribution < 1.29 is 18.3 Å². The quantitative estimate of drug-likeness (QED) is 0.676. The van der Waals surface area contributed by atoms with Gasteiger partial charge >= 0.3 is 0 Å². The summed E-state index contributed by atoms with van der Waals surface area (Å²) >= 11 is 2.96. The molecule has 2 nitrogen and oxygen atoms in total. The summed E-state index contributed by atoms with van der Waals surface area (Å²) in [5.41, 5.74) is -0.600. The molecule has 1 rings (SSSR count). The number of aromatic nitrogens is 1. The number of pyridine rings is 1. The molecule has 0 bridgehead atoms. The van der Waals surface area contributed by atoms with Gasteiger partial charge in [-0.1, -0.05) is 15.9 Å². The molecule has 0 aromatic carbocycles. The Morgan fingerprint density at radius 2 is 2.14 bits per heavy atom. The lowest BCUT2D eigenvalue weighted by molar-refractivity contribution is 0.144. The Morgan fingerprint density at radius 1 is 1.50 bits per heavy atom. The Hall–Kier alpha value is -0.620. The maximum Gasteiger partial charge on any atom is 0.265 e. The lowest BCUT2D eigenvalue weighted by Gasteiger charge is -2.10. The van der Waals surface area contributed by atoms with Crippen LogP contribution in [0.15, 0.2) is 6.07 Å². The van der Waals surface area contributed by atoms with Gasteiger partial charge in [-0.05, 0) is 11.6 Å². The van der Waals surface area contributed by atoms with Gasteiger partial charge in [-0.15, -0.1) is 0 Å². The van der Waals surface area contributed by atoms with Crippen LogP contribution in [-0.2, 0) is 11.9 Å². The number of alkyl halides is 3. The van der Waals surface area contributed by atoms with Crippen LogP contribution in [0.3, 0.4) is 0 Å². The molecule has 0 radical (unpaired) electrons. The van der Waals surface area contributed by atoms with E-state index >= 15 is 0 Å². The molecule has 0 saturated heterocycles. The fourth-order valence-electron chi connectivity index (χ4n) is 1.13. The van der Waals surface area contributed by atoms with E-state index < -0.39 is 24.5 Å². The van der Waals surface area contributed by atoms with Crippen LogP contribution in [0.2, 0.25) is 0 Å². The second-order valence-electron chi connectivity index (χ2n) is 2.56. The molecular formula is C8H7BrF3NO. The van der Waals surface area contributed by atoms with Gasteiger partial charge in [0.2, 0.25) is 5.95 Å². The van der Waals surface area contributed by atoms with Crippen molar-refractivity contribution in [1.82, 2.24) is 4.98 Å². The molecule has 1 aromatic rings. The van der Waals surface area contributed by atoms with Crippen LogP contribution in [0.1, 0.15) is 23.2 Å². The molecule has 1 aromatic heterocycles. The number of aliphatic hydroxyl groups excluding tert-OH is 1. The van der Waals surface area contributed by atoms with Crippen LogP contribution in [0, 0.1) is 5.95 Å². The minimum absolute atomic E-state index is 0.0963. The van der Waals surface area contributed by atoms with Gasteiger partial charge in [0.1, 0.15) is 0 Å². The van der Waals surface area contributed by atoms with E-state index in [1.54, 1.807) is 0 Å². The molecule has 6 heteroatoms. The fraction of sp³-hybridized carbons (Fsp3) is 0.375. The molecule has 14 heavy (non-hydrogen) atoms. The van der Waals surface area contributed by atoms with Gasteiger partial charge in [0.25, 0.3) is 6.43 Å². The first-order valence-corrected chi connectivity index (χ1v) is 4.85. The van der Waals surface area contributed by atoms with Crippen molar-refractivity contribution >= 4 is 15.9 Å². The second-order valence-corrected chi connectivity index (χ2v) is 3.12. The number of rotatable bonds is 3. The summed E-state index contributed by atoms with van der Waals surface area (Å²) < 4.78 is 37.8. The van der Waals surface area contributed by atoms with Gasteiger partial charge in [-0.3, -0.25) is 0 Å². The fourth-order valence-corrected chi connectivity index (χ4v) is 1.59. The zero-order valence-electron chi connectivity index (χ0n) is 6.98. The molecule has 1 N–H and O–H groups in total. The van der Waals surface area contributed by atoms with Crippen molar-refractivity contribution in [2.24, 2.45) is 0 Å². The highest BCUT2D eigenvalue weighted by Crippen LogP contribution is 2.27. The molecule has 0 fully saturated rings. The van der Waals surface area contributed by atoms with Gasteiger partial charge in [-0.2, -0.15) is 4.39 Å². The third kappa shape index (κ3) is 2.24. The summed E-state index contributed by atoms with van der Waals surface area (Å²) in [5, 5.41) is 8.83. The average molecular weight is 270 g/mol. The van der Waals surface area contributed by atoms with Crippen LogP contribution in [0.5, 0.6) is 0 Å². The molecule has 0 aliphatic carbocycles. The summed E-state index contributed by atoms with van der Waals surface area (Å²) in [5.74, 6) is -0.868. The topological polar surface area (TPSA) is 33.1 Å².